The lowest BCUT2D eigenvalue weighted by Crippen LogP contribution is -2.17. The molecule has 0 fully saturated rings. The average molecular weight is 334 g/mol. The SMILES string of the molecule is Cc1ccsc1C(=O)Nc1sc2c(c1C(N)=O)CCCCC2. The highest BCUT2D eigenvalue weighted by atomic mass is 32.1. The molecule has 0 unspecified atom stereocenters. The second kappa shape index (κ2) is 6.22. The smallest absolute Gasteiger partial charge is 0.266 e. The predicted octanol–water partition coefficient (Wildman–Crippen LogP) is 3.74. The number of hydrogen-bond acceptors (Lipinski definition) is 4. The van der Waals surface area contributed by atoms with Gasteiger partial charge in [0.05, 0.1) is 10.4 Å². The number of rotatable bonds is 3. The van der Waals surface area contributed by atoms with Crippen molar-refractivity contribution in [2.24, 2.45) is 5.73 Å². The Labute approximate surface area is 137 Å². The van der Waals surface area contributed by atoms with Gasteiger partial charge < -0.3 is 11.1 Å². The minimum absolute atomic E-state index is 0.161. The maximum Gasteiger partial charge on any atom is 0.266 e. The van der Waals surface area contributed by atoms with E-state index in [0.29, 0.717) is 15.4 Å². The second-order valence-corrected chi connectivity index (χ2v) is 7.54. The van der Waals surface area contributed by atoms with Crippen LogP contribution in [0.2, 0.25) is 0 Å². The molecule has 1 aliphatic rings. The molecule has 2 amide bonds. The Hall–Kier alpha value is -1.66. The molecule has 0 saturated carbocycles. The summed E-state index contributed by atoms with van der Waals surface area (Å²) in [6.07, 6.45) is 5.21. The van der Waals surface area contributed by atoms with E-state index in [2.05, 4.69) is 5.32 Å². The van der Waals surface area contributed by atoms with Crippen molar-refractivity contribution >= 4 is 39.5 Å². The van der Waals surface area contributed by atoms with E-state index in [1.807, 2.05) is 18.4 Å². The molecule has 0 spiro atoms. The van der Waals surface area contributed by atoms with Gasteiger partial charge in [-0.15, -0.1) is 22.7 Å². The van der Waals surface area contributed by atoms with Crippen LogP contribution < -0.4 is 11.1 Å². The van der Waals surface area contributed by atoms with E-state index < -0.39 is 5.91 Å². The first-order valence-electron chi connectivity index (χ1n) is 7.37. The van der Waals surface area contributed by atoms with Crippen molar-refractivity contribution in [2.45, 2.75) is 39.0 Å². The fourth-order valence-corrected chi connectivity index (χ4v) is 4.97. The lowest BCUT2D eigenvalue weighted by molar-refractivity contribution is 0.100. The Morgan fingerprint density at radius 3 is 2.68 bits per heavy atom. The lowest BCUT2D eigenvalue weighted by atomic mass is 10.1. The first-order chi connectivity index (χ1) is 10.6. The normalized spacial score (nSPS) is 14.2. The van der Waals surface area contributed by atoms with Gasteiger partial charge in [0.25, 0.3) is 11.8 Å². The Morgan fingerprint density at radius 2 is 2.00 bits per heavy atom. The highest BCUT2D eigenvalue weighted by Gasteiger charge is 2.24. The number of nitrogens with two attached hydrogens (primary N) is 1. The van der Waals surface area contributed by atoms with Crippen LogP contribution in [0, 0.1) is 6.92 Å². The number of fused-ring (bicyclic) bond motifs is 1. The molecule has 1 aliphatic carbocycles. The van der Waals surface area contributed by atoms with Crippen molar-refractivity contribution in [3.63, 3.8) is 0 Å². The number of primary amides is 1. The number of aryl methyl sites for hydroxylation is 2. The molecule has 3 N–H and O–H groups in total. The summed E-state index contributed by atoms with van der Waals surface area (Å²) in [5, 5.41) is 5.40. The molecule has 0 saturated heterocycles. The van der Waals surface area contributed by atoms with Crippen molar-refractivity contribution in [3.8, 4) is 0 Å². The summed E-state index contributed by atoms with van der Waals surface area (Å²) in [6.45, 7) is 1.91. The van der Waals surface area contributed by atoms with E-state index in [1.54, 1.807) is 0 Å². The number of anilines is 1. The van der Waals surface area contributed by atoms with Crippen LogP contribution in [0.5, 0.6) is 0 Å². The quantitative estimate of drug-likeness (QED) is 0.839. The zero-order valence-electron chi connectivity index (χ0n) is 12.4. The fraction of sp³-hybridized carbons (Fsp3) is 0.375. The molecule has 0 radical (unpaired) electrons. The minimum atomic E-state index is -0.447. The van der Waals surface area contributed by atoms with Crippen LogP contribution in [-0.2, 0) is 12.8 Å². The van der Waals surface area contributed by atoms with Crippen LogP contribution in [-0.4, -0.2) is 11.8 Å². The van der Waals surface area contributed by atoms with Crippen molar-refractivity contribution in [2.75, 3.05) is 5.32 Å². The summed E-state index contributed by atoms with van der Waals surface area (Å²) in [6, 6.07) is 1.91. The van der Waals surface area contributed by atoms with Gasteiger partial charge in [0.1, 0.15) is 5.00 Å². The molecule has 116 valence electrons. The van der Waals surface area contributed by atoms with E-state index in [-0.39, 0.29) is 5.91 Å². The van der Waals surface area contributed by atoms with Gasteiger partial charge in [-0.1, -0.05) is 6.42 Å². The van der Waals surface area contributed by atoms with Gasteiger partial charge in [0, 0.05) is 4.88 Å². The number of carbonyl (C=O) groups is 2. The standard InChI is InChI=1S/C16H18N2O2S2/c1-9-7-8-21-13(9)15(20)18-16-12(14(17)19)10-5-3-2-4-6-11(10)22-16/h7-8H,2-6H2,1H3,(H2,17,19)(H,18,20). The third-order valence-electron chi connectivity index (χ3n) is 3.96. The molecule has 22 heavy (non-hydrogen) atoms. The summed E-state index contributed by atoms with van der Waals surface area (Å²) in [7, 11) is 0. The predicted molar refractivity (Wildman–Crippen MR) is 91.1 cm³/mol. The molecule has 4 nitrogen and oxygen atoms in total. The van der Waals surface area contributed by atoms with E-state index in [0.717, 1.165) is 36.8 Å². The van der Waals surface area contributed by atoms with Gasteiger partial charge in [-0.25, -0.2) is 0 Å². The van der Waals surface area contributed by atoms with E-state index in [4.69, 9.17) is 5.73 Å². The number of amides is 2. The van der Waals surface area contributed by atoms with Crippen LogP contribution in [0.1, 0.15) is 55.3 Å². The summed E-state index contributed by atoms with van der Waals surface area (Å²) in [5.41, 5.74) is 8.09. The third kappa shape index (κ3) is 2.80. The van der Waals surface area contributed by atoms with Crippen molar-refractivity contribution in [1.29, 1.82) is 0 Å². The van der Waals surface area contributed by atoms with Gasteiger partial charge in [-0.05, 0) is 55.2 Å². The highest BCUT2D eigenvalue weighted by molar-refractivity contribution is 7.17. The lowest BCUT2D eigenvalue weighted by Gasteiger charge is -2.06. The minimum Gasteiger partial charge on any atom is -0.365 e. The Morgan fingerprint density at radius 1 is 1.23 bits per heavy atom. The van der Waals surface area contributed by atoms with Crippen LogP contribution >= 0.6 is 22.7 Å². The molecule has 2 aromatic heterocycles. The topological polar surface area (TPSA) is 72.2 Å². The number of nitrogens with one attached hydrogen (secondary N) is 1. The zero-order chi connectivity index (χ0) is 15.7. The van der Waals surface area contributed by atoms with Crippen LogP contribution in [0.4, 0.5) is 5.00 Å². The maximum atomic E-state index is 12.4. The summed E-state index contributed by atoms with van der Waals surface area (Å²) < 4.78 is 0. The van der Waals surface area contributed by atoms with E-state index in [9.17, 15) is 9.59 Å². The van der Waals surface area contributed by atoms with Gasteiger partial charge in [-0.2, -0.15) is 0 Å². The number of thiophene rings is 2. The summed E-state index contributed by atoms with van der Waals surface area (Å²) in [5.74, 6) is -0.607. The van der Waals surface area contributed by atoms with E-state index >= 15 is 0 Å². The average Bonchev–Trinajstić information content (AvgIpc) is 2.96. The number of hydrogen-bond donors (Lipinski definition) is 2. The molecular weight excluding hydrogens is 316 g/mol. The first-order valence-corrected chi connectivity index (χ1v) is 9.07. The summed E-state index contributed by atoms with van der Waals surface area (Å²) >= 11 is 2.91. The molecule has 0 bridgehead atoms. The van der Waals surface area contributed by atoms with Crippen LogP contribution in [0.15, 0.2) is 11.4 Å². The Kier molecular flexibility index (Phi) is 4.31. The molecule has 2 aromatic rings. The number of carbonyl (C=O) groups excluding carboxylic acids is 2. The molecule has 0 aliphatic heterocycles. The van der Waals surface area contributed by atoms with Crippen molar-refractivity contribution in [3.05, 3.63) is 37.9 Å². The Bertz CT molecular complexity index is 731. The fourth-order valence-electron chi connectivity index (χ4n) is 2.86. The molecule has 0 atom stereocenters. The van der Waals surface area contributed by atoms with Crippen molar-refractivity contribution in [1.82, 2.24) is 0 Å². The summed E-state index contributed by atoms with van der Waals surface area (Å²) in [4.78, 5) is 26.2. The molecule has 3 rings (SSSR count). The molecule has 2 heterocycles. The van der Waals surface area contributed by atoms with Crippen LogP contribution in [0.25, 0.3) is 0 Å². The van der Waals surface area contributed by atoms with Gasteiger partial charge in [0.2, 0.25) is 0 Å². The van der Waals surface area contributed by atoms with Crippen molar-refractivity contribution < 1.29 is 9.59 Å². The molecule has 0 aromatic carbocycles. The molecule has 6 heteroatoms. The largest absolute Gasteiger partial charge is 0.365 e. The highest BCUT2D eigenvalue weighted by Crippen LogP contribution is 2.37. The van der Waals surface area contributed by atoms with E-state index in [1.165, 1.54) is 34.0 Å². The third-order valence-corrected chi connectivity index (χ3v) is 6.19. The van der Waals surface area contributed by atoms with Gasteiger partial charge in [0.15, 0.2) is 0 Å². The van der Waals surface area contributed by atoms with Gasteiger partial charge in [-0.3, -0.25) is 9.59 Å². The zero-order valence-corrected chi connectivity index (χ0v) is 14.0. The molecular formula is C16H18N2O2S2. The second-order valence-electron chi connectivity index (χ2n) is 5.52. The first kappa shape index (κ1) is 15.2. The maximum absolute atomic E-state index is 12.4. The van der Waals surface area contributed by atoms with Gasteiger partial charge >= 0.3 is 0 Å². The van der Waals surface area contributed by atoms with Crippen LogP contribution in [0.3, 0.4) is 0 Å². The Balaban J connectivity index is 1.95. The monoisotopic (exact) mass is 334 g/mol.